The standard InChI is InChI=1S/C11H15FN2O2/c12-9-3-1-2-4-10(9)16-8-5-11(15)14-7-6-13/h1-4H,5-8,13H2,(H,14,15). The summed E-state index contributed by atoms with van der Waals surface area (Å²) in [6.07, 6.45) is 0.189. The Morgan fingerprint density at radius 3 is 2.88 bits per heavy atom. The van der Waals surface area contributed by atoms with E-state index < -0.39 is 5.82 Å². The van der Waals surface area contributed by atoms with Gasteiger partial charge in [-0.15, -0.1) is 0 Å². The van der Waals surface area contributed by atoms with Crippen molar-refractivity contribution in [3.8, 4) is 5.75 Å². The average molecular weight is 226 g/mol. The van der Waals surface area contributed by atoms with Gasteiger partial charge in [0, 0.05) is 13.1 Å². The molecule has 1 amide bonds. The lowest BCUT2D eigenvalue weighted by atomic mass is 10.3. The molecule has 0 aliphatic rings. The normalized spacial score (nSPS) is 9.88. The molecule has 0 saturated carbocycles. The summed E-state index contributed by atoms with van der Waals surface area (Å²) in [5, 5.41) is 2.60. The molecule has 88 valence electrons. The van der Waals surface area contributed by atoms with E-state index in [2.05, 4.69) is 5.32 Å². The lowest BCUT2D eigenvalue weighted by Crippen LogP contribution is -2.29. The van der Waals surface area contributed by atoms with E-state index in [1.54, 1.807) is 12.1 Å². The Kier molecular flexibility index (Phi) is 5.28. The van der Waals surface area contributed by atoms with E-state index in [1.165, 1.54) is 12.1 Å². The fourth-order valence-electron chi connectivity index (χ4n) is 1.12. The van der Waals surface area contributed by atoms with Gasteiger partial charge in [0.15, 0.2) is 11.6 Å². The molecule has 0 aliphatic carbocycles. The molecule has 5 heteroatoms. The predicted molar refractivity (Wildman–Crippen MR) is 58.6 cm³/mol. The summed E-state index contributed by atoms with van der Waals surface area (Å²) >= 11 is 0. The highest BCUT2D eigenvalue weighted by molar-refractivity contribution is 5.75. The summed E-state index contributed by atoms with van der Waals surface area (Å²) in [5.41, 5.74) is 5.22. The highest BCUT2D eigenvalue weighted by Crippen LogP contribution is 2.15. The van der Waals surface area contributed by atoms with Crippen LogP contribution in [0.2, 0.25) is 0 Å². The number of nitrogens with two attached hydrogens (primary N) is 1. The first-order chi connectivity index (χ1) is 7.74. The molecular weight excluding hydrogens is 211 g/mol. The summed E-state index contributed by atoms with van der Waals surface area (Å²) in [7, 11) is 0. The number of hydrogen-bond acceptors (Lipinski definition) is 3. The number of hydrogen-bond donors (Lipinski definition) is 2. The molecule has 0 aromatic heterocycles. The molecule has 0 saturated heterocycles. The van der Waals surface area contributed by atoms with Crippen molar-refractivity contribution in [1.82, 2.24) is 5.32 Å². The largest absolute Gasteiger partial charge is 0.490 e. The fraction of sp³-hybridized carbons (Fsp3) is 0.364. The van der Waals surface area contributed by atoms with Crippen molar-refractivity contribution in [2.24, 2.45) is 5.73 Å². The number of para-hydroxylation sites is 1. The quantitative estimate of drug-likeness (QED) is 0.749. The van der Waals surface area contributed by atoms with Crippen molar-refractivity contribution in [2.75, 3.05) is 19.7 Å². The first kappa shape index (κ1) is 12.4. The van der Waals surface area contributed by atoms with Gasteiger partial charge in [-0.1, -0.05) is 12.1 Å². The van der Waals surface area contributed by atoms with Crippen molar-refractivity contribution < 1.29 is 13.9 Å². The van der Waals surface area contributed by atoms with Gasteiger partial charge in [-0.05, 0) is 12.1 Å². The van der Waals surface area contributed by atoms with Crippen molar-refractivity contribution >= 4 is 5.91 Å². The van der Waals surface area contributed by atoms with E-state index in [1.807, 2.05) is 0 Å². The Morgan fingerprint density at radius 1 is 1.44 bits per heavy atom. The van der Waals surface area contributed by atoms with Crippen LogP contribution in [0.15, 0.2) is 24.3 Å². The van der Waals surface area contributed by atoms with Crippen LogP contribution in [0, 0.1) is 5.82 Å². The molecule has 16 heavy (non-hydrogen) atoms. The molecule has 1 aromatic rings. The van der Waals surface area contributed by atoms with Crippen LogP contribution in [0.1, 0.15) is 6.42 Å². The van der Waals surface area contributed by atoms with Crippen molar-refractivity contribution in [1.29, 1.82) is 0 Å². The molecule has 0 bridgehead atoms. The SMILES string of the molecule is NCCNC(=O)CCOc1ccccc1F. The van der Waals surface area contributed by atoms with Crippen LogP contribution in [0.4, 0.5) is 4.39 Å². The lowest BCUT2D eigenvalue weighted by molar-refractivity contribution is -0.121. The molecule has 0 atom stereocenters. The van der Waals surface area contributed by atoms with Crippen molar-refractivity contribution in [3.63, 3.8) is 0 Å². The molecule has 0 fully saturated rings. The van der Waals surface area contributed by atoms with Crippen LogP contribution in [0.5, 0.6) is 5.75 Å². The Morgan fingerprint density at radius 2 is 2.19 bits per heavy atom. The minimum absolute atomic E-state index is 0.150. The second kappa shape index (κ2) is 6.79. The molecule has 0 heterocycles. The van der Waals surface area contributed by atoms with E-state index in [-0.39, 0.29) is 24.7 Å². The molecule has 1 rings (SSSR count). The zero-order chi connectivity index (χ0) is 11.8. The van der Waals surface area contributed by atoms with Crippen LogP contribution < -0.4 is 15.8 Å². The molecule has 1 aromatic carbocycles. The van der Waals surface area contributed by atoms with Crippen LogP contribution in [0.25, 0.3) is 0 Å². The molecule has 0 radical (unpaired) electrons. The number of ether oxygens (including phenoxy) is 1. The Balaban J connectivity index is 2.25. The van der Waals surface area contributed by atoms with E-state index in [0.29, 0.717) is 13.1 Å². The van der Waals surface area contributed by atoms with Gasteiger partial charge in [-0.3, -0.25) is 4.79 Å². The first-order valence-corrected chi connectivity index (χ1v) is 5.08. The van der Waals surface area contributed by atoms with Crippen LogP contribution in [0.3, 0.4) is 0 Å². The highest BCUT2D eigenvalue weighted by Gasteiger charge is 2.03. The molecule has 0 spiro atoms. The minimum atomic E-state index is -0.426. The topological polar surface area (TPSA) is 64.3 Å². The van der Waals surface area contributed by atoms with Gasteiger partial charge in [0.05, 0.1) is 13.0 Å². The molecular formula is C11H15FN2O2. The van der Waals surface area contributed by atoms with Crippen LogP contribution >= 0.6 is 0 Å². The maximum absolute atomic E-state index is 13.1. The Hall–Kier alpha value is -1.62. The van der Waals surface area contributed by atoms with Crippen LogP contribution in [-0.4, -0.2) is 25.6 Å². The number of rotatable bonds is 6. The Bertz CT molecular complexity index is 345. The number of benzene rings is 1. The zero-order valence-corrected chi connectivity index (χ0v) is 8.91. The summed E-state index contributed by atoms with van der Waals surface area (Å²) in [4.78, 5) is 11.1. The molecule has 0 aliphatic heterocycles. The molecule has 4 nitrogen and oxygen atoms in total. The van der Waals surface area contributed by atoms with Crippen molar-refractivity contribution in [3.05, 3.63) is 30.1 Å². The van der Waals surface area contributed by atoms with E-state index in [9.17, 15) is 9.18 Å². The summed E-state index contributed by atoms with van der Waals surface area (Å²) < 4.78 is 18.2. The third-order valence-corrected chi connectivity index (χ3v) is 1.89. The molecule has 0 unspecified atom stereocenters. The Labute approximate surface area is 93.6 Å². The average Bonchev–Trinajstić information content (AvgIpc) is 2.29. The summed E-state index contributed by atoms with van der Waals surface area (Å²) in [5.74, 6) is -0.416. The first-order valence-electron chi connectivity index (χ1n) is 5.08. The number of amides is 1. The molecule has 3 N–H and O–H groups in total. The van der Waals surface area contributed by atoms with E-state index >= 15 is 0 Å². The third kappa shape index (κ3) is 4.27. The van der Waals surface area contributed by atoms with E-state index in [4.69, 9.17) is 10.5 Å². The maximum Gasteiger partial charge on any atom is 0.223 e. The lowest BCUT2D eigenvalue weighted by Gasteiger charge is -2.07. The number of carbonyl (C=O) groups excluding carboxylic acids is 1. The van der Waals surface area contributed by atoms with Gasteiger partial charge >= 0.3 is 0 Å². The van der Waals surface area contributed by atoms with Crippen molar-refractivity contribution in [2.45, 2.75) is 6.42 Å². The van der Waals surface area contributed by atoms with Gasteiger partial charge in [0.1, 0.15) is 0 Å². The second-order valence-electron chi connectivity index (χ2n) is 3.17. The third-order valence-electron chi connectivity index (χ3n) is 1.89. The van der Waals surface area contributed by atoms with E-state index in [0.717, 1.165) is 0 Å². The fourth-order valence-corrected chi connectivity index (χ4v) is 1.12. The van der Waals surface area contributed by atoms with Crippen LogP contribution in [-0.2, 0) is 4.79 Å². The predicted octanol–water partition coefficient (Wildman–Crippen LogP) is 0.670. The van der Waals surface area contributed by atoms with Gasteiger partial charge in [-0.2, -0.15) is 0 Å². The summed E-state index contributed by atoms with van der Waals surface area (Å²) in [6.45, 7) is 0.996. The second-order valence-corrected chi connectivity index (χ2v) is 3.17. The number of carbonyl (C=O) groups is 1. The van der Waals surface area contributed by atoms with Gasteiger partial charge in [0.2, 0.25) is 5.91 Å². The maximum atomic E-state index is 13.1. The number of halogens is 1. The monoisotopic (exact) mass is 226 g/mol. The summed E-state index contributed by atoms with van der Waals surface area (Å²) in [6, 6.07) is 6.08. The van der Waals surface area contributed by atoms with Gasteiger partial charge in [-0.25, -0.2) is 4.39 Å². The minimum Gasteiger partial charge on any atom is -0.490 e. The van der Waals surface area contributed by atoms with Gasteiger partial charge < -0.3 is 15.8 Å². The van der Waals surface area contributed by atoms with Gasteiger partial charge in [0.25, 0.3) is 0 Å². The smallest absolute Gasteiger partial charge is 0.223 e. The number of nitrogens with one attached hydrogen (secondary N) is 1. The highest BCUT2D eigenvalue weighted by atomic mass is 19.1. The zero-order valence-electron chi connectivity index (χ0n) is 8.91.